The number of pyridine rings is 1. The van der Waals surface area contributed by atoms with Crippen molar-refractivity contribution in [1.82, 2.24) is 20.3 Å². The second-order valence-corrected chi connectivity index (χ2v) is 9.72. The first-order valence-corrected chi connectivity index (χ1v) is 13.6. The maximum Gasteiger partial charge on any atom is 0.294 e. The van der Waals surface area contributed by atoms with Gasteiger partial charge in [0.15, 0.2) is 0 Å². The molecule has 3 amide bonds. The Bertz CT molecular complexity index is 1640. The highest BCUT2D eigenvalue weighted by atomic mass is 35.5. The summed E-state index contributed by atoms with van der Waals surface area (Å²) in [6.45, 7) is 3.47. The number of aromatic nitrogens is 3. The maximum absolute atomic E-state index is 12.9. The SMILES string of the molecule is CCOc1nc2c(OCc3c(Cl)ccc(N(C)C(=O)CNC(=O)/C=C/c4ccc(NC(C)=O)nc4)c3Cl)cccc2[nH]1. The Kier molecular flexibility index (Phi) is 10.00. The molecule has 218 valence electrons. The van der Waals surface area contributed by atoms with E-state index in [-0.39, 0.29) is 24.1 Å². The van der Waals surface area contributed by atoms with Crippen molar-refractivity contribution in [2.45, 2.75) is 20.5 Å². The van der Waals surface area contributed by atoms with Crippen LogP contribution in [0.1, 0.15) is 25.0 Å². The van der Waals surface area contributed by atoms with Crippen molar-refractivity contribution >= 4 is 69.5 Å². The van der Waals surface area contributed by atoms with Gasteiger partial charge in [0, 0.05) is 36.8 Å². The molecule has 4 rings (SSSR count). The van der Waals surface area contributed by atoms with Crippen molar-refractivity contribution in [3.63, 3.8) is 0 Å². The number of ether oxygens (including phenoxy) is 2. The normalized spacial score (nSPS) is 11.0. The molecule has 0 unspecified atom stereocenters. The number of carbonyl (C=O) groups excluding carboxylic acids is 3. The molecule has 0 saturated heterocycles. The third kappa shape index (κ3) is 7.56. The van der Waals surface area contributed by atoms with Gasteiger partial charge in [-0.3, -0.25) is 14.4 Å². The van der Waals surface area contributed by atoms with Gasteiger partial charge in [0.25, 0.3) is 6.01 Å². The average molecular weight is 611 g/mol. The van der Waals surface area contributed by atoms with E-state index in [1.54, 1.807) is 37.4 Å². The lowest BCUT2D eigenvalue weighted by atomic mass is 10.2. The van der Waals surface area contributed by atoms with Crippen molar-refractivity contribution in [3.05, 3.63) is 75.9 Å². The summed E-state index contributed by atoms with van der Waals surface area (Å²) in [5.74, 6) is -0.201. The maximum atomic E-state index is 12.9. The number of likely N-dealkylation sites (N-methyl/N-ethyl adjacent to an activating group) is 1. The van der Waals surface area contributed by atoms with Gasteiger partial charge >= 0.3 is 0 Å². The molecule has 2 aromatic heterocycles. The molecule has 0 fully saturated rings. The number of rotatable bonds is 11. The van der Waals surface area contributed by atoms with Crippen LogP contribution in [-0.4, -0.2) is 52.9 Å². The van der Waals surface area contributed by atoms with E-state index < -0.39 is 11.8 Å². The topological polar surface area (TPSA) is 139 Å². The van der Waals surface area contributed by atoms with E-state index in [1.165, 1.54) is 30.2 Å². The zero-order chi connectivity index (χ0) is 30.2. The zero-order valence-electron chi connectivity index (χ0n) is 23.0. The molecule has 0 aliphatic rings. The molecule has 0 radical (unpaired) electrons. The van der Waals surface area contributed by atoms with E-state index in [9.17, 15) is 14.4 Å². The summed E-state index contributed by atoms with van der Waals surface area (Å²) in [7, 11) is 1.55. The predicted molar refractivity (Wildman–Crippen MR) is 162 cm³/mol. The Labute approximate surface area is 251 Å². The van der Waals surface area contributed by atoms with Gasteiger partial charge in [0.2, 0.25) is 17.7 Å². The number of H-pyrrole nitrogens is 1. The Balaban J connectivity index is 1.37. The number of para-hydroxylation sites is 1. The van der Waals surface area contributed by atoms with Crippen LogP contribution in [0.3, 0.4) is 0 Å². The van der Waals surface area contributed by atoms with Crippen LogP contribution in [-0.2, 0) is 21.0 Å². The number of fused-ring (bicyclic) bond motifs is 1. The number of nitrogens with zero attached hydrogens (tertiary/aromatic N) is 3. The Hall–Kier alpha value is -4.61. The molecule has 13 heteroatoms. The summed E-state index contributed by atoms with van der Waals surface area (Å²) < 4.78 is 11.5. The summed E-state index contributed by atoms with van der Waals surface area (Å²) in [5, 5.41) is 5.72. The third-order valence-corrected chi connectivity index (χ3v) is 6.72. The zero-order valence-corrected chi connectivity index (χ0v) is 24.5. The average Bonchev–Trinajstić information content (AvgIpc) is 3.38. The van der Waals surface area contributed by atoms with Gasteiger partial charge < -0.3 is 30.0 Å². The summed E-state index contributed by atoms with van der Waals surface area (Å²) in [6.07, 6.45) is 4.33. The van der Waals surface area contributed by atoms with Crippen LogP contribution in [0.25, 0.3) is 17.1 Å². The fourth-order valence-corrected chi connectivity index (χ4v) is 4.44. The van der Waals surface area contributed by atoms with Crippen LogP contribution in [0.15, 0.2) is 54.7 Å². The summed E-state index contributed by atoms with van der Waals surface area (Å²) in [6, 6.07) is 12.4. The van der Waals surface area contributed by atoms with Gasteiger partial charge in [0.05, 0.1) is 29.4 Å². The first-order valence-electron chi connectivity index (χ1n) is 12.8. The number of imidazole rings is 1. The minimum atomic E-state index is -0.473. The smallest absolute Gasteiger partial charge is 0.294 e. The fraction of sp³-hybridized carbons (Fsp3) is 0.207. The lowest BCUT2D eigenvalue weighted by Crippen LogP contribution is -2.37. The molecule has 11 nitrogen and oxygen atoms in total. The van der Waals surface area contributed by atoms with E-state index >= 15 is 0 Å². The summed E-state index contributed by atoms with van der Waals surface area (Å²) in [4.78, 5) is 49.2. The van der Waals surface area contributed by atoms with Crippen molar-refractivity contribution in [2.75, 3.05) is 30.4 Å². The monoisotopic (exact) mass is 610 g/mol. The minimum Gasteiger partial charge on any atom is -0.486 e. The lowest BCUT2D eigenvalue weighted by Gasteiger charge is -2.21. The minimum absolute atomic E-state index is 0.0195. The highest BCUT2D eigenvalue weighted by Crippen LogP contribution is 2.35. The summed E-state index contributed by atoms with van der Waals surface area (Å²) >= 11 is 13.1. The van der Waals surface area contributed by atoms with Crippen LogP contribution in [0.2, 0.25) is 10.0 Å². The van der Waals surface area contributed by atoms with Crippen molar-refractivity contribution < 1.29 is 23.9 Å². The van der Waals surface area contributed by atoms with Crippen molar-refractivity contribution in [3.8, 4) is 11.8 Å². The molecule has 0 bridgehead atoms. The van der Waals surface area contributed by atoms with Crippen molar-refractivity contribution in [1.29, 1.82) is 0 Å². The van der Waals surface area contributed by atoms with Crippen LogP contribution >= 0.6 is 23.2 Å². The van der Waals surface area contributed by atoms with Crippen LogP contribution in [0, 0.1) is 0 Å². The van der Waals surface area contributed by atoms with Gasteiger partial charge in [-0.1, -0.05) is 29.3 Å². The number of carbonyl (C=O) groups is 3. The molecule has 0 aliphatic carbocycles. The molecule has 0 saturated carbocycles. The van der Waals surface area contributed by atoms with Crippen molar-refractivity contribution in [2.24, 2.45) is 0 Å². The van der Waals surface area contributed by atoms with Gasteiger partial charge in [-0.05, 0) is 55.0 Å². The standard InChI is InChI=1S/C29H28Cl2N6O5/c1-4-41-29-35-21-6-5-7-23(28(21)36-29)42-16-19-20(30)10-11-22(27(19)31)37(3)26(40)15-33-25(39)13-9-18-8-12-24(32-14-18)34-17(2)38/h5-14H,4,15-16H2,1-3H3,(H,33,39)(H,35,36)(H,32,34,38)/b13-9+. The molecule has 2 aromatic carbocycles. The van der Waals surface area contributed by atoms with Crippen LogP contribution in [0.5, 0.6) is 11.8 Å². The molecule has 0 aliphatic heterocycles. The molecule has 2 heterocycles. The highest BCUT2D eigenvalue weighted by Gasteiger charge is 2.19. The Morgan fingerprint density at radius 3 is 2.62 bits per heavy atom. The number of hydrogen-bond donors (Lipinski definition) is 3. The second-order valence-electron chi connectivity index (χ2n) is 8.94. The van der Waals surface area contributed by atoms with E-state index in [0.717, 1.165) is 5.52 Å². The van der Waals surface area contributed by atoms with Gasteiger partial charge in [-0.2, -0.15) is 4.98 Å². The predicted octanol–water partition coefficient (Wildman–Crippen LogP) is 4.99. The van der Waals surface area contributed by atoms with Gasteiger partial charge in [0.1, 0.15) is 23.7 Å². The number of amides is 3. The lowest BCUT2D eigenvalue weighted by molar-refractivity contribution is -0.122. The first kappa shape index (κ1) is 30.4. The molecule has 0 spiro atoms. The van der Waals surface area contributed by atoms with E-state index in [2.05, 4.69) is 25.6 Å². The first-order chi connectivity index (χ1) is 20.2. The van der Waals surface area contributed by atoms with E-state index in [4.69, 9.17) is 32.7 Å². The summed E-state index contributed by atoms with van der Waals surface area (Å²) in [5.41, 5.74) is 2.87. The molecular weight excluding hydrogens is 583 g/mol. The van der Waals surface area contributed by atoms with Gasteiger partial charge in [-0.25, -0.2) is 4.98 Å². The number of anilines is 2. The van der Waals surface area contributed by atoms with E-state index in [0.29, 0.717) is 51.5 Å². The van der Waals surface area contributed by atoms with Gasteiger partial charge in [-0.15, -0.1) is 0 Å². The Morgan fingerprint density at radius 1 is 1.10 bits per heavy atom. The largest absolute Gasteiger partial charge is 0.486 e. The molecule has 3 N–H and O–H groups in total. The highest BCUT2D eigenvalue weighted by molar-refractivity contribution is 6.38. The quantitative estimate of drug-likeness (QED) is 0.203. The number of hydrogen-bond acceptors (Lipinski definition) is 7. The number of nitrogens with one attached hydrogen (secondary N) is 3. The van der Waals surface area contributed by atoms with Crippen LogP contribution < -0.4 is 25.0 Å². The van der Waals surface area contributed by atoms with Crippen LogP contribution in [0.4, 0.5) is 11.5 Å². The molecular formula is C29H28Cl2N6O5. The number of aromatic amines is 1. The number of halogens is 2. The molecule has 4 aromatic rings. The number of benzene rings is 2. The Morgan fingerprint density at radius 2 is 1.90 bits per heavy atom. The third-order valence-electron chi connectivity index (χ3n) is 5.94. The second kappa shape index (κ2) is 13.8. The molecule has 42 heavy (non-hydrogen) atoms. The molecule has 0 atom stereocenters. The van der Waals surface area contributed by atoms with E-state index in [1.807, 2.05) is 19.1 Å². The fourth-order valence-electron chi connectivity index (χ4n) is 3.84.